The highest BCUT2D eigenvalue weighted by Gasteiger charge is 2.29. The minimum atomic E-state index is 0.583. The predicted molar refractivity (Wildman–Crippen MR) is 77.3 cm³/mol. The highest BCUT2D eigenvalue weighted by Crippen LogP contribution is 2.42. The van der Waals surface area contributed by atoms with Crippen LogP contribution in [0.4, 0.5) is 5.69 Å². The molecule has 0 fully saturated rings. The van der Waals surface area contributed by atoms with Crippen LogP contribution in [0.3, 0.4) is 0 Å². The minimum Gasteiger partial charge on any atom is -0.374 e. The number of fused-ring (bicyclic) bond motifs is 1. The smallest absolute Gasteiger partial charge is 0.0399 e. The van der Waals surface area contributed by atoms with E-state index >= 15 is 0 Å². The van der Waals surface area contributed by atoms with E-state index in [1.54, 1.807) is 0 Å². The Kier molecular flexibility index (Phi) is 2.83. The molecule has 3 rings (SSSR count). The van der Waals surface area contributed by atoms with Gasteiger partial charge in [-0.05, 0) is 23.1 Å². The van der Waals surface area contributed by atoms with Gasteiger partial charge in [0.25, 0.3) is 0 Å². The molecule has 0 saturated heterocycles. The second kappa shape index (κ2) is 4.49. The first kappa shape index (κ1) is 11.3. The van der Waals surface area contributed by atoms with Gasteiger partial charge in [-0.15, -0.1) is 0 Å². The van der Waals surface area contributed by atoms with Gasteiger partial charge in [0, 0.05) is 25.2 Å². The lowest BCUT2D eigenvalue weighted by molar-refractivity contribution is 0.546. The van der Waals surface area contributed by atoms with Crippen LogP contribution in [-0.2, 0) is 0 Å². The van der Waals surface area contributed by atoms with Gasteiger partial charge in [0.2, 0.25) is 0 Å². The van der Waals surface area contributed by atoms with E-state index in [0.29, 0.717) is 11.8 Å². The summed E-state index contributed by atoms with van der Waals surface area (Å²) in [5, 5.41) is 0. The van der Waals surface area contributed by atoms with Crippen LogP contribution in [0.5, 0.6) is 0 Å². The molecule has 1 aliphatic heterocycles. The van der Waals surface area contributed by atoms with Gasteiger partial charge in [-0.25, -0.2) is 0 Å². The Bertz CT molecular complexity index is 532. The van der Waals surface area contributed by atoms with E-state index in [1.807, 2.05) is 0 Å². The van der Waals surface area contributed by atoms with E-state index in [-0.39, 0.29) is 0 Å². The molecule has 1 aliphatic rings. The van der Waals surface area contributed by atoms with Crippen LogP contribution >= 0.6 is 0 Å². The van der Waals surface area contributed by atoms with Gasteiger partial charge in [0.1, 0.15) is 0 Å². The first-order valence-corrected chi connectivity index (χ1v) is 6.62. The summed E-state index contributed by atoms with van der Waals surface area (Å²) in [5.41, 5.74) is 4.31. The Morgan fingerprint density at radius 2 is 1.61 bits per heavy atom. The van der Waals surface area contributed by atoms with Crippen LogP contribution in [0.2, 0.25) is 0 Å². The van der Waals surface area contributed by atoms with E-state index < -0.39 is 0 Å². The quantitative estimate of drug-likeness (QED) is 0.724. The van der Waals surface area contributed by atoms with Gasteiger partial charge in [-0.2, -0.15) is 0 Å². The van der Waals surface area contributed by atoms with Crippen molar-refractivity contribution in [2.75, 3.05) is 18.5 Å². The average Bonchev–Trinajstić information content (AvgIpc) is 2.44. The van der Waals surface area contributed by atoms with Gasteiger partial charge in [-0.1, -0.05) is 55.5 Å². The van der Waals surface area contributed by atoms with Crippen LogP contribution in [0, 0.1) is 0 Å². The van der Waals surface area contributed by atoms with Crippen molar-refractivity contribution in [2.24, 2.45) is 0 Å². The number of hydrogen-bond acceptors (Lipinski definition) is 1. The van der Waals surface area contributed by atoms with Crippen molar-refractivity contribution in [2.45, 2.75) is 18.8 Å². The molecule has 0 aromatic heterocycles. The van der Waals surface area contributed by atoms with Crippen molar-refractivity contribution in [1.29, 1.82) is 0 Å². The summed E-state index contributed by atoms with van der Waals surface area (Å²) in [6.45, 7) is 3.45. The molecule has 1 heterocycles. The molecule has 2 atom stereocenters. The molecule has 92 valence electrons. The zero-order valence-electron chi connectivity index (χ0n) is 11.0. The Morgan fingerprint density at radius 1 is 0.944 bits per heavy atom. The summed E-state index contributed by atoms with van der Waals surface area (Å²) in [5.74, 6) is 1.17. The summed E-state index contributed by atoms with van der Waals surface area (Å²) in [7, 11) is 2.20. The summed E-state index contributed by atoms with van der Waals surface area (Å²) in [6.07, 6.45) is 0. The standard InChI is InChI=1S/C17H19N/c1-13-15-10-6-7-11-17(15)18(2)12-16(13)14-8-4-3-5-9-14/h3-11,13,16H,12H2,1-2H3/t13-,16-/m1/s1. The highest BCUT2D eigenvalue weighted by molar-refractivity contribution is 5.58. The molecule has 0 bridgehead atoms. The summed E-state index contributed by atoms with van der Waals surface area (Å²) < 4.78 is 0. The van der Waals surface area contributed by atoms with E-state index in [4.69, 9.17) is 0 Å². The third kappa shape index (κ3) is 1.80. The topological polar surface area (TPSA) is 3.24 Å². The van der Waals surface area contributed by atoms with Gasteiger partial charge in [0.05, 0.1) is 0 Å². The first-order chi connectivity index (χ1) is 8.77. The predicted octanol–water partition coefficient (Wildman–Crippen LogP) is 4.02. The second-order valence-corrected chi connectivity index (χ2v) is 5.25. The maximum absolute atomic E-state index is 2.38. The van der Waals surface area contributed by atoms with Crippen LogP contribution in [0.25, 0.3) is 0 Å². The lowest BCUT2D eigenvalue weighted by Gasteiger charge is -2.38. The lowest BCUT2D eigenvalue weighted by Crippen LogP contribution is -2.32. The van der Waals surface area contributed by atoms with Crippen molar-refractivity contribution >= 4 is 5.69 Å². The van der Waals surface area contributed by atoms with Crippen LogP contribution in [0.15, 0.2) is 54.6 Å². The van der Waals surface area contributed by atoms with Gasteiger partial charge in [-0.3, -0.25) is 0 Å². The maximum Gasteiger partial charge on any atom is 0.0399 e. The number of anilines is 1. The molecular formula is C17H19N. The second-order valence-electron chi connectivity index (χ2n) is 5.25. The summed E-state index contributed by atoms with van der Waals surface area (Å²) in [6, 6.07) is 19.7. The fourth-order valence-electron chi connectivity index (χ4n) is 3.08. The first-order valence-electron chi connectivity index (χ1n) is 6.62. The SMILES string of the molecule is C[C@@H]1c2ccccc2N(C)C[C@H]1c1ccccc1. The number of rotatable bonds is 1. The van der Waals surface area contributed by atoms with Crippen LogP contribution in [0.1, 0.15) is 29.9 Å². The highest BCUT2D eigenvalue weighted by atomic mass is 15.1. The van der Waals surface area contributed by atoms with Crippen LogP contribution < -0.4 is 4.90 Å². The third-order valence-corrected chi connectivity index (χ3v) is 4.14. The van der Waals surface area contributed by atoms with Crippen molar-refractivity contribution in [1.82, 2.24) is 0 Å². The third-order valence-electron chi connectivity index (χ3n) is 4.14. The number of benzene rings is 2. The summed E-state index contributed by atoms with van der Waals surface area (Å²) >= 11 is 0. The van der Waals surface area contributed by atoms with E-state index in [0.717, 1.165) is 6.54 Å². The van der Waals surface area contributed by atoms with E-state index in [1.165, 1.54) is 16.8 Å². The molecular weight excluding hydrogens is 218 g/mol. The van der Waals surface area contributed by atoms with Gasteiger partial charge >= 0.3 is 0 Å². The van der Waals surface area contributed by atoms with E-state index in [9.17, 15) is 0 Å². The Labute approximate surface area is 109 Å². The molecule has 0 radical (unpaired) electrons. The Morgan fingerprint density at radius 3 is 2.39 bits per heavy atom. The van der Waals surface area contributed by atoms with Crippen molar-refractivity contribution in [3.63, 3.8) is 0 Å². The molecule has 0 saturated carbocycles. The zero-order chi connectivity index (χ0) is 12.5. The molecule has 2 aromatic carbocycles. The fourth-order valence-corrected chi connectivity index (χ4v) is 3.08. The molecule has 18 heavy (non-hydrogen) atoms. The number of nitrogens with zero attached hydrogens (tertiary/aromatic N) is 1. The molecule has 0 unspecified atom stereocenters. The number of likely N-dealkylation sites (N-methyl/N-ethyl adjacent to an activating group) is 1. The monoisotopic (exact) mass is 237 g/mol. The molecule has 2 aromatic rings. The maximum atomic E-state index is 2.38. The minimum absolute atomic E-state index is 0.583. The van der Waals surface area contributed by atoms with Crippen molar-refractivity contribution in [3.8, 4) is 0 Å². The normalized spacial score (nSPS) is 22.7. The van der Waals surface area contributed by atoms with Gasteiger partial charge in [0.15, 0.2) is 0 Å². The van der Waals surface area contributed by atoms with Crippen molar-refractivity contribution < 1.29 is 0 Å². The summed E-state index contributed by atoms with van der Waals surface area (Å²) in [4.78, 5) is 2.38. The van der Waals surface area contributed by atoms with Crippen molar-refractivity contribution in [3.05, 3.63) is 65.7 Å². The largest absolute Gasteiger partial charge is 0.374 e. The number of hydrogen-bond donors (Lipinski definition) is 0. The van der Waals surface area contributed by atoms with Gasteiger partial charge < -0.3 is 4.90 Å². The van der Waals surface area contributed by atoms with E-state index in [2.05, 4.69) is 73.5 Å². The zero-order valence-corrected chi connectivity index (χ0v) is 11.0. The molecule has 1 heteroatoms. The Hall–Kier alpha value is -1.76. The lowest BCUT2D eigenvalue weighted by atomic mass is 9.79. The molecule has 1 nitrogen and oxygen atoms in total. The molecule has 0 spiro atoms. The Balaban J connectivity index is 2.02. The molecule has 0 aliphatic carbocycles. The molecule has 0 amide bonds. The molecule has 0 N–H and O–H groups in total. The number of para-hydroxylation sites is 1. The average molecular weight is 237 g/mol. The van der Waals surface area contributed by atoms with Crippen LogP contribution in [-0.4, -0.2) is 13.6 Å². The fraction of sp³-hybridized carbons (Fsp3) is 0.294.